The minimum Gasteiger partial charge on any atom is -0.510 e. The lowest BCUT2D eigenvalue weighted by Gasteiger charge is -2.45. The number of carbonyl (C=O) groups is 1. The molecule has 1 fully saturated rings. The number of halogens is 4. The van der Waals surface area contributed by atoms with Crippen molar-refractivity contribution in [3.8, 4) is 11.1 Å². The van der Waals surface area contributed by atoms with E-state index in [-0.39, 0.29) is 31.4 Å². The summed E-state index contributed by atoms with van der Waals surface area (Å²) in [6, 6.07) is 12.7. The van der Waals surface area contributed by atoms with Crippen molar-refractivity contribution >= 4 is 23.2 Å². The maximum Gasteiger partial charge on any atom is 0.391 e. The average Bonchev–Trinajstić information content (AvgIpc) is 2.92. The SMILES string of the molecule is Cc1ccc(-c2ccc(Cl)cc2)cc1N1C(=O)C=C(O)C12CCCC(C(F)(F)F)C2. The summed E-state index contributed by atoms with van der Waals surface area (Å²) in [6.07, 6.45) is -3.07. The van der Waals surface area contributed by atoms with Gasteiger partial charge in [0.15, 0.2) is 0 Å². The van der Waals surface area contributed by atoms with Crippen molar-refractivity contribution in [1.82, 2.24) is 0 Å². The number of rotatable bonds is 2. The largest absolute Gasteiger partial charge is 0.510 e. The highest BCUT2D eigenvalue weighted by molar-refractivity contribution is 6.30. The number of aryl methyl sites for hydroxylation is 1. The summed E-state index contributed by atoms with van der Waals surface area (Å²) in [5.41, 5.74) is 1.58. The third-order valence-electron chi connectivity index (χ3n) is 6.20. The number of hydrogen-bond donors (Lipinski definition) is 1. The van der Waals surface area contributed by atoms with Crippen LogP contribution in [0.3, 0.4) is 0 Å². The Morgan fingerprint density at radius 3 is 2.47 bits per heavy atom. The van der Waals surface area contributed by atoms with E-state index < -0.39 is 23.5 Å². The summed E-state index contributed by atoms with van der Waals surface area (Å²) in [5, 5.41) is 11.2. The third-order valence-corrected chi connectivity index (χ3v) is 6.45. The predicted octanol–water partition coefficient (Wildman–Crippen LogP) is 6.60. The van der Waals surface area contributed by atoms with Gasteiger partial charge in [0.25, 0.3) is 5.91 Å². The maximum atomic E-state index is 13.5. The van der Waals surface area contributed by atoms with Crippen LogP contribution in [0, 0.1) is 12.8 Å². The minimum absolute atomic E-state index is 0.00432. The van der Waals surface area contributed by atoms with E-state index >= 15 is 0 Å². The molecular weight excluding hydrogens is 415 g/mol. The fraction of sp³-hybridized carbons (Fsp3) is 0.348. The van der Waals surface area contributed by atoms with Crippen LogP contribution in [0.2, 0.25) is 5.02 Å². The minimum atomic E-state index is -4.37. The number of benzene rings is 2. The highest BCUT2D eigenvalue weighted by atomic mass is 35.5. The molecule has 2 unspecified atom stereocenters. The number of alkyl halides is 3. The first kappa shape index (κ1) is 20.8. The molecular formula is C23H21ClF3NO2. The van der Waals surface area contributed by atoms with Crippen molar-refractivity contribution in [2.75, 3.05) is 4.90 Å². The summed E-state index contributed by atoms with van der Waals surface area (Å²) in [6.45, 7) is 1.81. The van der Waals surface area contributed by atoms with E-state index in [2.05, 4.69) is 0 Å². The van der Waals surface area contributed by atoms with Crippen LogP contribution < -0.4 is 4.90 Å². The molecule has 2 aromatic rings. The molecule has 1 aliphatic heterocycles. The first-order chi connectivity index (χ1) is 14.1. The van der Waals surface area contributed by atoms with Crippen molar-refractivity contribution in [3.05, 3.63) is 64.9 Å². The Balaban J connectivity index is 1.79. The lowest BCUT2D eigenvalue weighted by atomic mass is 9.74. The molecule has 1 saturated carbocycles. The molecule has 7 heteroatoms. The van der Waals surface area contributed by atoms with Gasteiger partial charge in [0.2, 0.25) is 0 Å². The summed E-state index contributed by atoms with van der Waals surface area (Å²) in [7, 11) is 0. The van der Waals surface area contributed by atoms with E-state index in [4.69, 9.17) is 11.6 Å². The van der Waals surface area contributed by atoms with Gasteiger partial charge in [-0.05, 0) is 61.1 Å². The molecule has 2 atom stereocenters. The van der Waals surface area contributed by atoms with Crippen LogP contribution in [0.4, 0.5) is 18.9 Å². The molecule has 1 heterocycles. The first-order valence-electron chi connectivity index (χ1n) is 9.80. The number of hydrogen-bond acceptors (Lipinski definition) is 2. The van der Waals surface area contributed by atoms with Gasteiger partial charge < -0.3 is 5.11 Å². The Bertz CT molecular complexity index is 1020. The molecule has 1 spiro atoms. The second-order valence-electron chi connectivity index (χ2n) is 8.08. The number of aliphatic hydroxyl groups excluding tert-OH is 1. The molecule has 1 aliphatic carbocycles. The van der Waals surface area contributed by atoms with E-state index in [9.17, 15) is 23.1 Å². The van der Waals surface area contributed by atoms with Crippen LogP contribution in [0.5, 0.6) is 0 Å². The summed E-state index contributed by atoms with van der Waals surface area (Å²) < 4.78 is 40.5. The monoisotopic (exact) mass is 435 g/mol. The van der Waals surface area contributed by atoms with Crippen LogP contribution in [0.1, 0.15) is 31.2 Å². The van der Waals surface area contributed by atoms with Gasteiger partial charge in [-0.1, -0.05) is 42.3 Å². The van der Waals surface area contributed by atoms with Gasteiger partial charge in [-0.15, -0.1) is 0 Å². The van der Waals surface area contributed by atoms with E-state index in [0.29, 0.717) is 10.7 Å². The van der Waals surface area contributed by atoms with E-state index in [0.717, 1.165) is 22.8 Å². The van der Waals surface area contributed by atoms with E-state index in [1.54, 1.807) is 25.1 Å². The smallest absolute Gasteiger partial charge is 0.391 e. The van der Waals surface area contributed by atoms with Crippen LogP contribution in [0.25, 0.3) is 11.1 Å². The van der Waals surface area contributed by atoms with Crippen molar-refractivity contribution in [3.63, 3.8) is 0 Å². The average molecular weight is 436 g/mol. The molecule has 0 saturated heterocycles. The number of amides is 1. The lowest BCUT2D eigenvalue weighted by molar-refractivity contribution is -0.186. The second-order valence-corrected chi connectivity index (χ2v) is 8.51. The number of carbonyl (C=O) groups excluding carboxylic acids is 1. The molecule has 1 N–H and O–H groups in total. The molecule has 158 valence electrons. The standard InChI is InChI=1S/C23H21ClF3NO2/c1-14-4-5-16(15-6-8-18(24)9-7-15)11-19(14)28-21(30)12-20(29)22(28)10-2-3-17(13-22)23(25,26)27/h4-9,11-12,17,29H,2-3,10,13H2,1H3. The fourth-order valence-corrected chi connectivity index (χ4v) is 4.76. The van der Waals surface area contributed by atoms with Crippen LogP contribution >= 0.6 is 11.6 Å². The highest BCUT2D eigenvalue weighted by Crippen LogP contribution is 2.51. The molecule has 1 amide bonds. The maximum absolute atomic E-state index is 13.5. The van der Waals surface area contributed by atoms with Gasteiger partial charge in [-0.25, -0.2) is 0 Å². The Kier molecular flexibility index (Phi) is 5.09. The zero-order valence-corrected chi connectivity index (χ0v) is 17.1. The molecule has 2 aliphatic rings. The predicted molar refractivity (Wildman–Crippen MR) is 111 cm³/mol. The summed E-state index contributed by atoms with van der Waals surface area (Å²) >= 11 is 5.96. The van der Waals surface area contributed by atoms with Gasteiger partial charge in [-0.3, -0.25) is 9.69 Å². The molecule has 0 radical (unpaired) electrons. The van der Waals surface area contributed by atoms with Gasteiger partial charge >= 0.3 is 6.18 Å². The Labute approximate surface area is 177 Å². The van der Waals surface area contributed by atoms with E-state index in [1.807, 2.05) is 24.3 Å². The van der Waals surface area contributed by atoms with E-state index in [1.165, 1.54) is 4.90 Å². The van der Waals surface area contributed by atoms with Crippen molar-refractivity contribution in [1.29, 1.82) is 0 Å². The highest BCUT2D eigenvalue weighted by Gasteiger charge is 2.56. The third kappa shape index (κ3) is 3.47. The lowest BCUT2D eigenvalue weighted by Crippen LogP contribution is -2.53. The zero-order chi connectivity index (χ0) is 21.7. The summed E-state index contributed by atoms with van der Waals surface area (Å²) in [4.78, 5) is 14.2. The first-order valence-corrected chi connectivity index (χ1v) is 10.2. The molecule has 0 aromatic heterocycles. The van der Waals surface area contributed by atoms with Crippen LogP contribution in [-0.4, -0.2) is 22.7 Å². The quantitative estimate of drug-likeness (QED) is 0.577. The van der Waals surface area contributed by atoms with Crippen LogP contribution in [-0.2, 0) is 4.79 Å². The van der Waals surface area contributed by atoms with Crippen molar-refractivity contribution < 1.29 is 23.1 Å². The molecule has 2 aromatic carbocycles. The van der Waals surface area contributed by atoms with Gasteiger partial charge in [-0.2, -0.15) is 13.2 Å². The summed E-state index contributed by atoms with van der Waals surface area (Å²) in [5.74, 6) is -2.33. The van der Waals surface area contributed by atoms with Gasteiger partial charge in [0.05, 0.1) is 5.92 Å². The Morgan fingerprint density at radius 1 is 1.13 bits per heavy atom. The van der Waals surface area contributed by atoms with Gasteiger partial charge in [0.1, 0.15) is 11.3 Å². The fourth-order valence-electron chi connectivity index (χ4n) is 4.63. The van der Waals surface area contributed by atoms with Crippen molar-refractivity contribution in [2.45, 2.75) is 44.3 Å². The van der Waals surface area contributed by atoms with Gasteiger partial charge in [0, 0.05) is 16.8 Å². The Morgan fingerprint density at radius 2 is 1.80 bits per heavy atom. The topological polar surface area (TPSA) is 40.5 Å². The molecule has 30 heavy (non-hydrogen) atoms. The normalized spacial score (nSPS) is 24.4. The molecule has 0 bridgehead atoms. The second kappa shape index (κ2) is 7.34. The number of aliphatic hydroxyl groups is 1. The zero-order valence-electron chi connectivity index (χ0n) is 16.3. The molecule has 3 nitrogen and oxygen atoms in total. The number of anilines is 1. The molecule has 4 rings (SSSR count). The Hall–Kier alpha value is -2.47. The van der Waals surface area contributed by atoms with Crippen molar-refractivity contribution in [2.24, 2.45) is 5.92 Å². The number of nitrogens with zero attached hydrogens (tertiary/aromatic N) is 1. The van der Waals surface area contributed by atoms with Crippen LogP contribution in [0.15, 0.2) is 54.3 Å².